The average Bonchev–Trinajstić information content (AvgIpc) is 3.45. The molecule has 6 nitrogen and oxygen atoms in total. The Bertz CT molecular complexity index is 1110. The third-order valence-electron chi connectivity index (χ3n) is 6.50. The van der Waals surface area contributed by atoms with Gasteiger partial charge in [-0.15, -0.1) is 11.3 Å². The van der Waals surface area contributed by atoms with Crippen molar-refractivity contribution in [2.75, 3.05) is 7.11 Å². The molecule has 0 bridgehead atoms. The van der Waals surface area contributed by atoms with Crippen LogP contribution in [0.4, 0.5) is 0 Å². The number of amides is 1. The number of thiazole rings is 1. The molecule has 0 saturated carbocycles. The Labute approximate surface area is 206 Å². The van der Waals surface area contributed by atoms with E-state index in [-0.39, 0.29) is 29.3 Å². The van der Waals surface area contributed by atoms with Gasteiger partial charge in [0.25, 0.3) is 5.91 Å². The molecule has 0 aliphatic carbocycles. The van der Waals surface area contributed by atoms with Crippen molar-refractivity contribution in [3.05, 3.63) is 70.2 Å². The van der Waals surface area contributed by atoms with Crippen LogP contribution in [-0.2, 0) is 5.41 Å². The first kappa shape index (κ1) is 24.3. The molecule has 0 radical (unpaired) electrons. The number of benzene rings is 1. The number of likely N-dealkylation sites (tertiary alicyclic amines) is 1. The van der Waals surface area contributed by atoms with Gasteiger partial charge in [-0.3, -0.25) is 14.8 Å². The van der Waals surface area contributed by atoms with Crippen LogP contribution < -0.4 is 4.74 Å². The van der Waals surface area contributed by atoms with Crippen molar-refractivity contribution < 1.29 is 9.53 Å². The molecule has 4 rings (SSSR count). The number of aromatic nitrogens is 3. The largest absolute Gasteiger partial charge is 0.496 e. The molecule has 0 unspecified atom stereocenters. The van der Waals surface area contributed by atoms with Gasteiger partial charge in [0, 0.05) is 47.7 Å². The molecule has 1 aliphatic rings. The first-order chi connectivity index (χ1) is 16.2. The quantitative estimate of drug-likeness (QED) is 0.433. The van der Waals surface area contributed by atoms with Crippen molar-refractivity contribution in [1.29, 1.82) is 0 Å². The van der Waals surface area contributed by atoms with Crippen LogP contribution in [0, 0.1) is 5.92 Å². The molecule has 0 N–H and O–H groups in total. The summed E-state index contributed by atoms with van der Waals surface area (Å²) in [5.41, 5.74) is 2.55. The molecule has 34 heavy (non-hydrogen) atoms. The van der Waals surface area contributed by atoms with Crippen LogP contribution >= 0.6 is 11.3 Å². The van der Waals surface area contributed by atoms with Gasteiger partial charge in [0.1, 0.15) is 10.8 Å². The van der Waals surface area contributed by atoms with E-state index in [0.29, 0.717) is 11.5 Å². The predicted octanol–water partition coefficient (Wildman–Crippen LogP) is 6.02. The van der Waals surface area contributed by atoms with Gasteiger partial charge in [-0.05, 0) is 41.9 Å². The molecule has 1 aromatic carbocycles. The van der Waals surface area contributed by atoms with E-state index in [0.717, 1.165) is 34.9 Å². The first-order valence-corrected chi connectivity index (χ1v) is 12.7. The molecular formula is C27H34N4O2S. The van der Waals surface area contributed by atoms with Crippen molar-refractivity contribution >= 4 is 17.2 Å². The summed E-state index contributed by atoms with van der Waals surface area (Å²) < 4.78 is 5.71. The van der Waals surface area contributed by atoms with Crippen molar-refractivity contribution in [2.45, 2.75) is 70.9 Å². The van der Waals surface area contributed by atoms with Gasteiger partial charge in [-0.2, -0.15) is 0 Å². The van der Waals surface area contributed by atoms with E-state index in [1.807, 2.05) is 36.0 Å². The van der Waals surface area contributed by atoms with Crippen LogP contribution in [0.3, 0.4) is 0 Å². The maximum absolute atomic E-state index is 14.2. The fourth-order valence-corrected chi connectivity index (χ4v) is 5.85. The average molecular weight is 479 g/mol. The Morgan fingerprint density at radius 1 is 1.21 bits per heavy atom. The molecular weight excluding hydrogens is 444 g/mol. The van der Waals surface area contributed by atoms with Crippen molar-refractivity contribution in [2.24, 2.45) is 5.92 Å². The molecule has 1 fully saturated rings. The highest BCUT2D eigenvalue weighted by molar-refractivity contribution is 7.09. The third kappa shape index (κ3) is 4.85. The highest BCUT2D eigenvalue weighted by atomic mass is 32.1. The van der Waals surface area contributed by atoms with Gasteiger partial charge in [-0.25, -0.2) is 4.98 Å². The second-order valence-electron chi connectivity index (χ2n) is 10.4. The van der Waals surface area contributed by atoms with Crippen LogP contribution in [0.25, 0.3) is 0 Å². The minimum Gasteiger partial charge on any atom is -0.496 e. The number of methoxy groups -OCH3 is 1. The minimum absolute atomic E-state index is 0.0102. The second kappa shape index (κ2) is 9.82. The summed E-state index contributed by atoms with van der Waals surface area (Å²) >= 11 is 1.59. The van der Waals surface area contributed by atoms with Gasteiger partial charge in [-0.1, -0.05) is 40.7 Å². The zero-order valence-corrected chi connectivity index (χ0v) is 21.7. The molecule has 3 atom stereocenters. The highest BCUT2D eigenvalue weighted by Crippen LogP contribution is 2.49. The number of hydrogen-bond donors (Lipinski definition) is 0. The van der Waals surface area contributed by atoms with E-state index in [1.54, 1.807) is 30.8 Å². The maximum Gasteiger partial charge on any atom is 0.254 e. The first-order valence-electron chi connectivity index (χ1n) is 11.9. The van der Waals surface area contributed by atoms with Crippen LogP contribution in [0.1, 0.15) is 86.0 Å². The molecule has 2 aromatic heterocycles. The number of nitrogens with zero attached hydrogens (tertiary/aromatic N) is 4. The maximum atomic E-state index is 14.2. The lowest BCUT2D eigenvalue weighted by Crippen LogP contribution is -2.38. The Morgan fingerprint density at radius 3 is 2.59 bits per heavy atom. The van der Waals surface area contributed by atoms with Gasteiger partial charge >= 0.3 is 0 Å². The van der Waals surface area contributed by atoms with Gasteiger partial charge in [0.2, 0.25) is 0 Å². The van der Waals surface area contributed by atoms with E-state index in [1.165, 1.54) is 0 Å². The number of rotatable bonds is 6. The Balaban J connectivity index is 1.79. The summed E-state index contributed by atoms with van der Waals surface area (Å²) in [7, 11) is 1.67. The fourth-order valence-electron chi connectivity index (χ4n) is 5.05. The van der Waals surface area contributed by atoms with E-state index in [2.05, 4.69) is 54.5 Å². The monoisotopic (exact) mass is 478 g/mol. The zero-order valence-electron chi connectivity index (χ0n) is 20.9. The summed E-state index contributed by atoms with van der Waals surface area (Å²) in [5, 5.41) is 2.91. The minimum atomic E-state index is -0.179. The molecule has 3 aromatic rings. The number of carbonyl (C=O) groups is 1. The van der Waals surface area contributed by atoms with Crippen molar-refractivity contribution in [3.8, 4) is 5.75 Å². The number of carbonyl (C=O) groups excluding carboxylic acids is 1. The molecule has 1 aliphatic heterocycles. The highest BCUT2D eigenvalue weighted by Gasteiger charge is 2.47. The molecule has 1 amide bonds. The third-order valence-corrected chi connectivity index (χ3v) is 7.35. The van der Waals surface area contributed by atoms with Gasteiger partial charge < -0.3 is 9.64 Å². The standard InChI is InChI=1S/C27H34N4O2S/c1-17(2)13-19-15-20(22-16-28-9-10-29-22)24(25-30-11-12-34-25)31(19)26(32)18-7-8-21(27(3,4)5)23(14-18)33-6/h7-12,14,16-17,19-20,24H,13,15H2,1-6H3/t19-,20+,24+/m0/s1. The Morgan fingerprint density at radius 2 is 2.00 bits per heavy atom. The molecule has 7 heteroatoms. The van der Waals surface area contributed by atoms with Gasteiger partial charge in [0.05, 0.1) is 18.8 Å². The molecule has 1 saturated heterocycles. The van der Waals surface area contributed by atoms with Crippen LogP contribution in [0.5, 0.6) is 5.75 Å². The SMILES string of the molecule is COc1cc(C(=O)N2[C@@H](CC(C)C)C[C@H](c3cnccn3)[C@@H]2c2nccs2)ccc1C(C)(C)C. The second-order valence-corrected chi connectivity index (χ2v) is 11.4. The van der Waals surface area contributed by atoms with Crippen LogP contribution in [0.2, 0.25) is 0 Å². The van der Waals surface area contributed by atoms with Crippen molar-refractivity contribution in [3.63, 3.8) is 0 Å². The normalized spacial score (nSPS) is 20.7. The lowest BCUT2D eigenvalue weighted by molar-refractivity contribution is 0.0640. The summed E-state index contributed by atoms with van der Waals surface area (Å²) in [6.45, 7) is 10.9. The smallest absolute Gasteiger partial charge is 0.254 e. The molecule has 180 valence electrons. The summed E-state index contributed by atoms with van der Waals surface area (Å²) in [4.78, 5) is 29.8. The number of ether oxygens (including phenoxy) is 1. The van der Waals surface area contributed by atoms with Crippen molar-refractivity contribution in [1.82, 2.24) is 19.9 Å². The zero-order chi connectivity index (χ0) is 24.5. The van der Waals surface area contributed by atoms with Crippen LogP contribution in [-0.4, -0.2) is 38.9 Å². The van der Waals surface area contributed by atoms with E-state index >= 15 is 0 Å². The molecule has 3 heterocycles. The lowest BCUT2D eigenvalue weighted by Gasteiger charge is -2.32. The Hall–Kier alpha value is -2.80. The topological polar surface area (TPSA) is 68.2 Å². The molecule has 0 spiro atoms. The van der Waals surface area contributed by atoms with E-state index in [4.69, 9.17) is 4.74 Å². The Kier molecular flexibility index (Phi) is 7.03. The van der Waals surface area contributed by atoms with Gasteiger partial charge in [0.15, 0.2) is 0 Å². The summed E-state index contributed by atoms with van der Waals surface area (Å²) in [6.07, 6.45) is 8.81. The summed E-state index contributed by atoms with van der Waals surface area (Å²) in [5.74, 6) is 1.25. The van der Waals surface area contributed by atoms with E-state index in [9.17, 15) is 4.79 Å². The predicted molar refractivity (Wildman–Crippen MR) is 135 cm³/mol. The number of hydrogen-bond acceptors (Lipinski definition) is 6. The summed E-state index contributed by atoms with van der Waals surface area (Å²) in [6, 6.07) is 5.76. The van der Waals surface area contributed by atoms with Crippen LogP contribution in [0.15, 0.2) is 48.4 Å². The fraction of sp³-hybridized carbons (Fsp3) is 0.481. The van der Waals surface area contributed by atoms with E-state index < -0.39 is 0 Å². The lowest BCUT2D eigenvalue weighted by atomic mass is 9.85.